The van der Waals surface area contributed by atoms with Gasteiger partial charge in [-0.25, -0.2) is 15.0 Å². The Morgan fingerprint density at radius 3 is 2.83 bits per heavy atom. The molecule has 7 nitrogen and oxygen atoms in total. The minimum atomic E-state index is 0.521. The predicted molar refractivity (Wildman–Crippen MR) is 94.3 cm³/mol. The first-order valence-electron chi connectivity index (χ1n) is 7.40. The monoisotopic (exact) mass is 347 g/mol. The Bertz CT molecular complexity index is 768. The van der Waals surface area contributed by atoms with Gasteiger partial charge in [-0.05, 0) is 0 Å². The zero-order valence-electron chi connectivity index (χ0n) is 12.5. The highest BCUT2D eigenvalue weighted by molar-refractivity contribution is 7.15. The van der Waals surface area contributed by atoms with E-state index in [0.29, 0.717) is 12.5 Å². The Morgan fingerprint density at radius 2 is 2.09 bits per heavy atom. The van der Waals surface area contributed by atoms with Crippen molar-refractivity contribution in [3.05, 3.63) is 35.0 Å². The maximum absolute atomic E-state index is 6.14. The van der Waals surface area contributed by atoms with Gasteiger partial charge in [-0.1, -0.05) is 0 Å². The maximum atomic E-state index is 6.14. The van der Waals surface area contributed by atoms with Crippen LogP contribution in [0.1, 0.15) is 5.69 Å². The molecule has 0 amide bonds. The van der Waals surface area contributed by atoms with Crippen molar-refractivity contribution in [3.8, 4) is 0 Å². The number of nitrogens with two attached hydrogens (primary N) is 1. The Morgan fingerprint density at radius 1 is 1.22 bits per heavy atom. The van der Waals surface area contributed by atoms with Crippen LogP contribution in [0, 0.1) is 0 Å². The number of aromatic nitrogens is 3. The summed E-state index contributed by atoms with van der Waals surface area (Å²) in [6.45, 7) is 4.10. The number of piperazine rings is 1. The van der Waals surface area contributed by atoms with E-state index in [0.717, 1.165) is 42.0 Å². The molecule has 0 unspecified atom stereocenters. The van der Waals surface area contributed by atoms with Gasteiger partial charge in [0.1, 0.15) is 0 Å². The topological polar surface area (TPSA) is 75.0 Å². The van der Waals surface area contributed by atoms with Crippen LogP contribution in [0.15, 0.2) is 34.3 Å². The molecule has 120 valence electrons. The fourth-order valence-electron chi connectivity index (χ4n) is 2.61. The summed E-state index contributed by atoms with van der Waals surface area (Å²) in [5.41, 5.74) is 7.09. The van der Waals surface area contributed by atoms with Crippen molar-refractivity contribution < 1.29 is 0 Å². The number of nitrogens with zero attached hydrogens (tertiary/aromatic N) is 6. The number of aliphatic imine (C=N–C) groups is 1. The zero-order valence-corrected chi connectivity index (χ0v) is 14.1. The number of imidazole rings is 1. The van der Waals surface area contributed by atoms with Gasteiger partial charge in [0.15, 0.2) is 16.1 Å². The summed E-state index contributed by atoms with van der Waals surface area (Å²) >= 11 is 3.30. The molecular weight excluding hydrogens is 330 g/mol. The molecule has 1 saturated heterocycles. The van der Waals surface area contributed by atoms with Crippen molar-refractivity contribution in [3.63, 3.8) is 0 Å². The lowest BCUT2D eigenvalue weighted by Crippen LogP contribution is -2.51. The molecule has 9 heteroatoms. The van der Waals surface area contributed by atoms with Crippen LogP contribution in [-0.4, -0.2) is 51.4 Å². The van der Waals surface area contributed by atoms with Crippen LogP contribution in [0.2, 0.25) is 0 Å². The van der Waals surface area contributed by atoms with E-state index in [1.54, 1.807) is 22.7 Å². The van der Waals surface area contributed by atoms with E-state index in [2.05, 4.69) is 24.8 Å². The summed E-state index contributed by atoms with van der Waals surface area (Å²) in [7, 11) is 0. The fourth-order valence-corrected chi connectivity index (χ4v) is 4.03. The lowest BCUT2D eigenvalue weighted by atomic mass is 10.3. The summed E-state index contributed by atoms with van der Waals surface area (Å²) in [5.74, 6) is 0.597. The van der Waals surface area contributed by atoms with Gasteiger partial charge in [0.25, 0.3) is 0 Å². The first-order valence-corrected chi connectivity index (χ1v) is 9.16. The van der Waals surface area contributed by atoms with Crippen LogP contribution >= 0.6 is 22.7 Å². The SMILES string of the molecule is NC(=NCc1cn2ccsc2n1)N1CCN(c2nccs2)CC1. The highest BCUT2D eigenvalue weighted by Gasteiger charge is 2.19. The second-order valence-electron chi connectivity index (χ2n) is 5.29. The molecule has 2 N–H and O–H groups in total. The van der Waals surface area contributed by atoms with E-state index in [1.165, 1.54) is 0 Å². The molecule has 1 fully saturated rings. The number of guanidine groups is 1. The Kier molecular flexibility index (Phi) is 3.88. The van der Waals surface area contributed by atoms with Gasteiger partial charge < -0.3 is 15.5 Å². The average molecular weight is 347 g/mol. The number of anilines is 1. The Balaban J connectivity index is 1.35. The van der Waals surface area contributed by atoms with Gasteiger partial charge in [-0.3, -0.25) is 4.40 Å². The molecule has 3 aromatic heterocycles. The lowest BCUT2D eigenvalue weighted by molar-refractivity contribution is 0.380. The summed E-state index contributed by atoms with van der Waals surface area (Å²) in [6, 6.07) is 0. The molecule has 0 aliphatic carbocycles. The summed E-state index contributed by atoms with van der Waals surface area (Å²) in [4.78, 5) is 18.8. The van der Waals surface area contributed by atoms with E-state index >= 15 is 0 Å². The van der Waals surface area contributed by atoms with Gasteiger partial charge in [0.05, 0.1) is 12.2 Å². The van der Waals surface area contributed by atoms with E-state index in [4.69, 9.17) is 5.73 Å². The minimum Gasteiger partial charge on any atom is -0.370 e. The van der Waals surface area contributed by atoms with E-state index in [1.807, 2.05) is 33.8 Å². The average Bonchev–Trinajstić information content (AvgIpc) is 3.29. The van der Waals surface area contributed by atoms with E-state index in [-0.39, 0.29) is 0 Å². The van der Waals surface area contributed by atoms with Crippen LogP contribution in [0.4, 0.5) is 5.13 Å². The van der Waals surface area contributed by atoms with Crippen LogP contribution < -0.4 is 10.6 Å². The second kappa shape index (κ2) is 6.17. The number of hydrogen-bond donors (Lipinski definition) is 1. The van der Waals surface area contributed by atoms with Gasteiger partial charge >= 0.3 is 0 Å². The summed E-state index contributed by atoms with van der Waals surface area (Å²) in [6.07, 6.45) is 5.85. The van der Waals surface area contributed by atoms with Gasteiger partial charge in [0.2, 0.25) is 0 Å². The zero-order chi connectivity index (χ0) is 15.6. The number of thiazole rings is 2. The quantitative estimate of drug-likeness (QED) is 0.574. The molecule has 23 heavy (non-hydrogen) atoms. The van der Waals surface area contributed by atoms with Crippen molar-refractivity contribution in [2.24, 2.45) is 10.7 Å². The largest absolute Gasteiger partial charge is 0.370 e. The lowest BCUT2D eigenvalue weighted by Gasteiger charge is -2.35. The molecule has 0 saturated carbocycles. The molecule has 0 atom stereocenters. The van der Waals surface area contributed by atoms with Gasteiger partial charge in [-0.2, -0.15) is 0 Å². The van der Waals surface area contributed by atoms with Crippen molar-refractivity contribution in [1.82, 2.24) is 19.3 Å². The van der Waals surface area contributed by atoms with Crippen LogP contribution in [0.5, 0.6) is 0 Å². The highest BCUT2D eigenvalue weighted by atomic mass is 32.1. The molecule has 4 heterocycles. The van der Waals surface area contributed by atoms with Crippen molar-refractivity contribution in [1.29, 1.82) is 0 Å². The van der Waals surface area contributed by atoms with E-state index < -0.39 is 0 Å². The third kappa shape index (κ3) is 3.02. The van der Waals surface area contributed by atoms with E-state index in [9.17, 15) is 0 Å². The van der Waals surface area contributed by atoms with Gasteiger partial charge in [-0.15, -0.1) is 22.7 Å². The molecule has 0 radical (unpaired) electrons. The molecular formula is C14H17N7S2. The standard InChI is InChI=1S/C14H17N7S2/c15-12(17-9-11-10-21-6-8-23-14(21)18-11)19-2-4-20(5-3-19)13-16-1-7-22-13/h1,6-8,10H,2-5,9H2,(H2,15,17). The van der Waals surface area contributed by atoms with Crippen LogP contribution in [0.25, 0.3) is 4.96 Å². The van der Waals surface area contributed by atoms with Crippen molar-refractivity contribution in [2.45, 2.75) is 6.54 Å². The molecule has 1 aliphatic heterocycles. The molecule has 3 aromatic rings. The molecule has 0 bridgehead atoms. The molecule has 1 aliphatic rings. The summed E-state index contributed by atoms with van der Waals surface area (Å²) < 4.78 is 2.01. The first kappa shape index (κ1) is 14.5. The summed E-state index contributed by atoms with van der Waals surface area (Å²) in [5, 5.41) is 5.11. The highest BCUT2D eigenvalue weighted by Crippen LogP contribution is 2.18. The number of fused-ring (bicyclic) bond motifs is 1. The minimum absolute atomic E-state index is 0.521. The second-order valence-corrected chi connectivity index (χ2v) is 7.03. The van der Waals surface area contributed by atoms with Crippen LogP contribution in [0.3, 0.4) is 0 Å². The third-order valence-corrected chi connectivity index (χ3v) is 5.44. The van der Waals surface area contributed by atoms with Crippen LogP contribution in [-0.2, 0) is 6.54 Å². The predicted octanol–water partition coefficient (Wildman–Crippen LogP) is 1.49. The molecule has 0 spiro atoms. The smallest absolute Gasteiger partial charge is 0.193 e. The fraction of sp³-hybridized carbons (Fsp3) is 0.357. The Hall–Kier alpha value is -2.13. The normalized spacial score (nSPS) is 16.4. The van der Waals surface area contributed by atoms with Crippen molar-refractivity contribution >= 4 is 38.7 Å². The molecule has 0 aromatic carbocycles. The number of hydrogen-bond acceptors (Lipinski definition) is 6. The third-order valence-electron chi connectivity index (χ3n) is 3.84. The maximum Gasteiger partial charge on any atom is 0.193 e. The Labute approximate surface area is 141 Å². The number of rotatable bonds is 3. The van der Waals surface area contributed by atoms with Crippen molar-refractivity contribution in [2.75, 3.05) is 31.1 Å². The first-order chi connectivity index (χ1) is 11.3. The molecule has 4 rings (SSSR count). The van der Waals surface area contributed by atoms with Gasteiger partial charge in [0, 0.05) is 55.5 Å².